The minimum atomic E-state index is -3.90. The highest BCUT2D eigenvalue weighted by Gasteiger charge is 2.37. The van der Waals surface area contributed by atoms with Gasteiger partial charge in [-0.05, 0) is 31.0 Å². The van der Waals surface area contributed by atoms with Crippen LogP contribution in [0.4, 0.5) is 4.39 Å². The lowest BCUT2D eigenvalue weighted by atomic mass is 10.0. The molecule has 0 spiro atoms. The van der Waals surface area contributed by atoms with Gasteiger partial charge in [0.25, 0.3) is 0 Å². The van der Waals surface area contributed by atoms with Crippen molar-refractivity contribution < 1.29 is 12.8 Å². The summed E-state index contributed by atoms with van der Waals surface area (Å²) in [6.45, 7) is 0.224. The molecule has 1 saturated carbocycles. The summed E-state index contributed by atoms with van der Waals surface area (Å²) < 4.78 is 41.4. The highest BCUT2D eigenvalue weighted by atomic mass is 79.9. The molecule has 0 radical (unpaired) electrons. The Morgan fingerprint density at radius 3 is 2.50 bits per heavy atom. The molecule has 0 aliphatic heterocycles. The molecule has 0 unspecified atom stereocenters. The Balaban J connectivity index is 0.00000200. The monoisotopic (exact) mass is 386 g/mol. The molecule has 0 saturated heterocycles. The third-order valence-electron chi connectivity index (χ3n) is 3.49. The maximum absolute atomic E-state index is 13.7. The van der Waals surface area contributed by atoms with E-state index in [0.29, 0.717) is 17.3 Å². The Morgan fingerprint density at radius 1 is 1.35 bits per heavy atom. The standard InChI is InChI=1S/C12H16BrFN2O2S.ClH/c13-9-3-4-10(14)11(7-9)19(17,18)16-12(8-15)5-1-2-6-12;/h3-4,7,16H,1-2,5-6,8,15H2;1H. The van der Waals surface area contributed by atoms with E-state index < -0.39 is 21.4 Å². The van der Waals surface area contributed by atoms with Gasteiger partial charge in [0, 0.05) is 16.6 Å². The molecule has 0 atom stereocenters. The molecular weight excluding hydrogens is 371 g/mol. The molecule has 0 aromatic heterocycles. The molecule has 1 aromatic rings. The first-order chi connectivity index (χ1) is 8.88. The van der Waals surface area contributed by atoms with Crippen LogP contribution in [0.15, 0.2) is 27.6 Å². The lowest BCUT2D eigenvalue weighted by Gasteiger charge is -2.28. The van der Waals surface area contributed by atoms with Crippen molar-refractivity contribution >= 4 is 38.4 Å². The molecule has 0 bridgehead atoms. The van der Waals surface area contributed by atoms with Gasteiger partial charge in [-0.15, -0.1) is 12.4 Å². The van der Waals surface area contributed by atoms with Crippen molar-refractivity contribution in [3.05, 3.63) is 28.5 Å². The van der Waals surface area contributed by atoms with Gasteiger partial charge in [-0.1, -0.05) is 28.8 Å². The zero-order chi connectivity index (χ0) is 14.1. The van der Waals surface area contributed by atoms with Crippen molar-refractivity contribution in [3.63, 3.8) is 0 Å². The molecular formula is C12H17BrClFN2O2S. The minimum Gasteiger partial charge on any atom is -0.329 e. The largest absolute Gasteiger partial charge is 0.329 e. The van der Waals surface area contributed by atoms with Gasteiger partial charge < -0.3 is 5.73 Å². The number of benzene rings is 1. The first kappa shape index (κ1) is 17.8. The molecule has 0 heterocycles. The quantitative estimate of drug-likeness (QED) is 0.834. The molecule has 1 fully saturated rings. The van der Waals surface area contributed by atoms with Gasteiger partial charge in [-0.25, -0.2) is 17.5 Å². The first-order valence-corrected chi connectivity index (χ1v) is 8.35. The van der Waals surface area contributed by atoms with Crippen molar-refractivity contribution in [3.8, 4) is 0 Å². The van der Waals surface area contributed by atoms with Crippen LogP contribution >= 0.6 is 28.3 Å². The summed E-state index contributed by atoms with van der Waals surface area (Å²) in [5.41, 5.74) is 5.06. The van der Waals surface area contributed by atoms with E-state index in [-0.39, 0.29) is 23.8 Å². The average molecular weight is 388 g/mol. The maximum atomic E-state index is 13.7. The number of halogens is 3. The van der Waals surface area contributed by atoms with Gasteiger partial charge >= 0.3 is 0 Å². The highest BCUT2D eigenvalue weighted by Crippen LogP contribution is 2.31. The van der Waals surface area contributed by atoms with Crippen LogP contribution in [0.2, 0.25) is 0 Å². The zero-order valence-electron chi connectivity index (χ0n) is 10.7. The summed E-state index contributed by atoms with van der Waals surface area (Å²) in [5.74, 6) is -0.763. The van der Waals surface area contributed by atoms with Crippen LogP contribution in [0.5, 0.6) is 0 Å². The van der Waals surface area contributed by atoms with Crippen molar-refractivity contribution in [1.82, 2.24) is 4.72 Å². The van der Waals surface area contributed by atoms with Crippen LogP contribution in [0.1, 0.15) is 25.7 Å². The van der Waals surface area contributed by atoms with Crippen LogP contribution in [0.3, 0.4) is 0 Å². The molecule has 0 amide bonds. The van der Waals surface area contributed by atoms with Crippen molar-refractivity contribution in [2.75, 3.05) is 6.54 Å². The fourth-order valence-electron chi connectivity index (χ4n) is 2.42. The van der Waals surface area contributed by atoms with Gasteiger partial charge in [0.1, 0.15) is 10.7 Å². The summed E-state index contributed by atoms with van der Waals surface area (Å²) in [6.07, 6.45) is 3.25. The Hall–Kier alpha value is -0.210. The van der Waals surface area contributed by atoms with Crippen LogP contribution in [0, 0.1) is 5.82 Å². The van der Waals surface area contributed by atoms with Crippen molar-refractivity contribution in [2.45, 2.75) is 36.1 Å². The van der Waals surface area contributed by atoms with E-state index >= 15 is 0 Å². The summed E-state index contributed by atoms with van der Waals surface area (Å²) in [7, 11) is -3.90. The first-order valence-electron chi connectivity index (χ1n) is 6.08. The number of hydrogen-bond acceptors (Lipinski definition) is 3. The van der Waals surface area contributed by atoms with Crippen LogP contribution in [0.25, 0.3) is 0 Å². The van der Waals surface area contributed by atoms with E-state index in [1.807, 2.05) is 0 Å². The van der Waals surface area contributed by atoms with Crippen LogP contribution in [-0.4, -0.2) is 20.5 Å². The summed E-state index contributed by atoms with van der Waals surface area (Å²) in [4.78, 5) is -0.346. The number of sulfonamides is 1. The third-order valence-corrected chi connectivity index (χ3v) is 5.57. The Kier molecular flexibility index (Phi) is 5.98. The normalized spacial score (nSPS) is 17.8. The fourth-order valence-corrected chi connectivity index (χ4v) is 4.51. The lowest BCUT2D eigenvalue weighted by Crippen LogP contribution is -2.51. The smallest absolute Gasteiger partial charge is 0.244 e. The predicted molar refractivity (Wildman–Crippen MR) is 81.9 cm³/mol. The molecule has 2 rings (SSSR count). The summed E-state index contributed by atoms with van der Waals surface area (Å²) in [5, 5.41) is 0. The maximum Gasteiger partial charge on any atom is 0.244 e. The fraction of sp³-hybridized carbons (Fsp3) is 0.500. The van der Waals surface area contributed by atoms with E-state index in [4.69, 9.17) is 5.73 Å². The zero-order valence-corrected chi connectivity index (χ0v) is 14.0. The van der Waals surface area contributed by atoms with Crippen LogP contribution in [-0.2, 0) is 10.0 Å². The third kappa shape index (κ3) is 3.71. The second-order valence-corrected chi connectivity index (χ2v) is 7.44. The second-order valence-electron chi connectivity index (χ2n) is 4.87. The number of rotatable bonds is 4. The summed E-state index contributed by atoms with van der Waals surface area (Å²) >= 11 is 3.15. The molecule has 20 heavy (non-hydrogen) atoms. The van der Waals surface area contributed by atoms with E-state index in [1.54, 1.807) is 0 Å². The number of nitrogens with one attached hydrogen (secondary N) is 1. The van der Waals surface area contributed by atoms with Gasteiger partial charge in [0.15, 0.2) is 0 Å². The van der Waals surface area contributed by atoms with Gasteiger partial charge in [0.05, 0.1) is 0 Å². The highest BCUT2D eigenvalue weighted by molar-refractivity contribution is 9.10. The molecule has 114 valence electrons. The average Bonchev–Trinajstić information content (AvgIpc) is 2.80. The Bertz CT molecular complexity index is 577. The molecule has 1 aromatic carbocycles. The number of hydrogen-bond donors (Lipinski definition) is 2. The molecule has 8 heteroatoms. The van der Waals surface area contributed by atoms with E-state index in [9.17, 15) is 12.8 Å². The van der Waals surface area contributed by atoms with Gasteiger partial charge in [-0.3, -0.25) is 0 Å². The van der Waals surface area contributed by atoms with E-state index in [1.165, 1.54) is 12.1 Å². The van der Waals surface area contributed by atoms with E-state index in [0.717, 1.165) is 18.9 Å². The SMILES string of the molecule is Cl.NCC1(NS(=O)(=O)c2cc(Br)ccc2F)CCCC1. The second kappa shape index (κ2) is 6.70. The van der Waals surface area contributed by atoms with Crippen LogP contribution < -0.4 is 10.5 Å². The van der Waals surface area contributed by atoms with Crippen molar-refractivity contribution in [2.24, 2.45) is 5.73 Å². The van der Waals surface area contributed by atoms with Crippen molar-refractivity contribution in [1.29, 1.82) is 0 Å². The molecule has 4 nitrogen and oxygen atoms in total. The van der Waals surface area contributed by atoms with Gasteiger partial charge in [-0.2, -0.15) is 0 Å². The number of nitrogens with two attached hydrogens (primary N) is 1. The molecule has 1 aliphatic rings. The molecule has 1 aliphatic carbocycles. The lowest BCUT2D eigenvalue weighted by molar-refractivity contribution is 0.398. The summed E-state index contributed by atoms with van der Waals surface area (Å²) in [6, 6.07) is 3.85. The minimum absolute atomic E-state index is 0. The Labute approximate surface area is 132 Å². The molecule has 3 N–H and O–H groups in total. The Morgan fingerprint density at radius 2 is 1.95 bits per heavy atom. The van der Waals surface area contributed by atoms with Gasteiger partial charge in [0.2, 0.25) is 10.0 Å². The predicted octanol–water partition coefficient (Wildman–Crippen LogP) is 2.56. The van der Waals surface area contributed by atoms with E-state index in [2.05, 4.69) is 20.7 Å². The topological polar surface area (TPSA) is 72.2 Å².